The molecule has 2 rings (SSSR count). The van der Waals surface area contributed by atoms with E-state index in [0.29, 0.717) is 24.1 Å². The van der Waals surface area contributed by atoms with E-state index in [1.165, 1.54) is 25.9 Å². The third-order valence-electron chi connectivity index (χ3n) is 3.80. The van der Waals surface area contributed by atoms with E-state index in [-0.39, 0.29) is 0 Å². The smallest absolute Gasteiger partial charge is 0.0703 e. The van der Waals surface area contributed by atoms with E-state index >= 15 is 0 Å². The molecule has 2 saturated heterocycles. The highest BCUT2D eigenvalue weighted by atomic mass is 16.5. The molecule has 0 aromatic heterocycles. The van der Waals surface area contributed by atoms with Crippen molar-refractivity contribution in [2.75, 3.05) is 19.7 Å². The quantitative estimate of drug-likeness (QED) is 0.714. The van der Waals surface area contributed by atoms with E-state index < -0.39 is 0 Å². The van der Waals surface area contributed by atoms with Crippen molar-refractivity contribution in [1.29, 1.82) is 0 Å². The Balaban J connectivity index is 1.88. The lowest BCUT2D eigenvalue weighted by molar-refractivity contribution is 0.0814. The van der Waals surface area contributed by atoms with Crippen LogP contribution in [0.1, 0.15) is 26.7 Å². The van der Waals surface area contributed by atoms with Crippen LogP contribution >= 0.6 is 0 Å². The number of nitrogens with zero attached hydrogens (tertiary/aromatic N) is 1. The third-order valence-corrected chi connectivity index (χ3v) is 3.80. The third kappa shape index (κ3) is 1.95. The zero-order chi connectivity index (χ0) is 10.1. The van der Waals surface area contributed by atoms with Gasteiger partial charge in [-0.05, 0) is 39.2 Å². The van der Waals surface area contributed by atoms with E-state index in [0.717, 1.165) is 6.61 Å². The van der Waals surface area contributed by atoms with Gasteiger partial charge in [-0.15, -0.1) is 0 Å². The molecule has 0 amide bonds. The molecule has 82 valence electrons. The second-order valence-electron chi connectivity index (χ2n) is 4.83. The highest BCUT2D eigenvalue weighted by Crippen LogP contribution is 2.27. The van der Waals surface area contributed by atoms with Crippen LogP contribution in [0, 0.1) is 5.92 Å². The molecule has 0 spiro atoms. The molecule has 2 aliphatic rings. The molecule has 2 heterocycles. The summed E-state index contributed by atoms with van der Waals surface area (Å²) in [5, 5.41) is 0. The van der Waals surface area contributed by atoms with Crippen LogP contribution in [0.4, 0.5) is 0 Å². The standard InChI is InChI=1S/C11H22N2O/c1-8(12)10-3-5-13(7-10)11-4-6-14-9(11)2/h8-11H,3-7,12H2,1-2H3. The average Bonchev–Trinajstić information content (AvgIpc) is 2.71. The Bertz CT molecular complexity index is 196. The van der Waals surface area contributed by atoms with Crippen LogP contribution in [0.2, 0.25) is 0 Å². The fraction of sp³-hybridized carbons (Fsp3) is 1.00. The molecule has 0 saturated carbocycles. The van der Waals surface area contributed by atoms with Crippen LogP contribution in [-0.4, -0.2) is 42.8 Å². The summed E-state index contributed by atoms with van der Waals surface area (Å²) in [5.74, 6) is 0.697. The summed E-state index contributed by atoms with van der Waals surface area (Å²) in [6.45, 7) is 7.64. The molecule has 4 unspecified atom stereocenters. The van der Waals surface area contributed by atoms with Gasteiger partial charge in [-0.25, -0.2) is 0 Å². The summed E-state index contributed by atoms with van der Waals surface area (Å²) in [6.07, 6.45) is 2.88. The van der Waals surface area contributed by atoms with Gasteiger partial charge >= 0.3 is 0 Å². The first-order chi connectivity index (χ1) is 6.68. The maximum absolute atomic E-state index is 5.94. The molecule has 0 aromatic rings. The van der Waals surface area contributed by atoms with Gasteiger partial charge in [0.25, 0.3) is 0 Å². The van der Waals surface area contributed by atoms with Crippen LogP contribution < -0.4 is 5.73 Å². The molecule has 0 bridgehead atoms. The molecular formula is C11H22N2O. The first-order valence-corrected chi connectivity index (χ1v) is 5.79. The molecule has 0 aromatic carbocycles. The summed E-state index contributed by atoms with van der Waals surface area (Å²) in [5.41, 5.74) is 5.94. The monoisotopic (exact) mass is 198 g/mol. The fourth-order valence-electron chi connectivity index (χ4n) is 2.75. The molecule has 2 aliphatic heterocycles. The van der Waals surface area contributed by atoms with E-state index in [2.05, 4.69) is 18.7 Å². The summed E-state index contributed by atoms with van der Waals surface area (Å²) < 4.78 is 5.60. The van der Waals surface area contributed by atoms with Crippen LogP contribution in [0.5, 0.6) is 0 Å². The van der Waals surface area contributed by atoms with Crippen molar-refractivity contribution in [1.82, 2.24) is 4.90 Å². The molecule has 2 N–H and O–H groups in total. The summed E-state index contributed by atoms with van der Waals surface area (Å²) in [4.78, 5) is 2.58. The van der Waals surface area contributed by atoms with Crippen molar-refractivity contribution < 1.29 is 4.74 Å². The number of ether oxygens (including phenoxy) is 1. The lowest BCUT2D eigenvalue weighted by Gasteiger charge is -2.26. The lowest BCUT2D eigenvalue weighted by Crippen LogP contribution is -2.39. The predicted molar refractivity (Wildman–Crippen MR) is 57.1 cm³/mol. The topological polar surface area (TPSA) is 38.5 Å². The second-order valence-corrected chi connectivity index (χ2v) is 4.83. The molecule has 0 aliphatic carbocycles. The highest BCUT2D eigenvalue weighted by Gasteiger charge is 2.35. The van der Waals surface area contributed by atoms with Crippen LogP contribution in [0.3, 0.4) is 0 Å². The minimum absolute atomic E-state index is 0.345. The number of hydrogen-bond donors (Lipinski definition) is 1. The van der Waals surface area contributed by atoms with Gasteiger partial charge in [0.1, 0.15) is 0 Å². The maximum Gasteiger partial charge on any atom is 0.0703 e. The Labute approximate surface area is 86.6 Å². The van der Waals surface area contributed by atoms with Crippen LogP contribution in [0.25, 0.3) is 0 Å². The predicted octanol–water partition coefficient (Wildman–Crippen LogP) is 0.833. The molecule has 2 fully saturated rings. The number of hydrogen-bond acceptors (Lipinski definition) is 3. The van der Waals surface area contributed by atoms with Crippen molar-refractivity contribution in [3.05, 3.63) is 0 Å². The minimum Gasteiger partial charge on any atom is -0.377 e. The van der Waals surface area contributed by atoms with Crippen molar-refractivity contribution in [3.8, 4) is 0 Å². The second kappa shape index (κ2) is 4.17. The minimum atomic E-state index is 0.345. The average molecular weight is 198 g/mol. The summed E-state index contributed by atoms with van der Waals surface area (Å²) in [7, 11) is 0. The normalized spacial score (nSPS) is 41.8. The van der Waals surface area contributed by atoms with E-state index in [9.17, 15) is 0 Å². The van der Waals surface area contributed by atoms with Crippen molar-refractivity contribution in [2.45, 2.75) is 44.9 Å². The van der Waals surface area contributed by atoms with Crippen molar-refractivity contribution in [2.24, 2.45) is 11.7 Å². The molecule has 3 nitrogen and oxygen atoms in total. The molecule has 0 radical (unpaired) electrons. The fourth-order valence-corrected chi connectivity index (χ4v) is 2.75. The highest BCUT2D eigenvalue weighted by molar-refractivity contribution is 4.89. The van der Waals surface area contributed by atoms with Crippen molar-refractivity contribution >= 4 is 0 Å². The van der Waals surface area contributed by atoms with Crippen molar-refractivity contribution in [3.63, 3.8) is 0 Å². The summed E-state index contributed by atoms with van der Waals surface area (Å²) in [6, 6.07) is 0.997. The van der Waals surface area contributed by atoms with Crippen LogP contribution in [0.15, 0.2) is 0 Å². The number of likely N-dealkylation sites (tertiary alicyclic amines) is 1. The molecular weight excluding hydrogens is 176 g/mol. The Kier molecular flexibility index (Phi) is 3.10. The lowest BCUT2D eigenvalue weighted by atomic mass is 10.0. The van der Waals surface area contributed by atoms with Gasteiger partial charge in [0, 0.05) is 25.2 Å². The van der Waals surface area contributed by atoms with E-state index in [1.54, 1.807) is 0 Å². The molecule has 14 heavy (non-hydrogen) atoms. The molecule has 3 heteroatoms. The van der Waals surface area contributed by atoms with Gasteiger partial charge in [0.05, 0.1) is 6.10 Å². The van der Waals surface area contributed by atoms with E-state index in [1.807, 2.05) is 0 Å². The number of nitrogens with two attached hydrogens (primary N) is 1. The SMILES string of the molecule is CC(N)C1CCN(C2CCOC2C)C1. The van der Waals surface area contributed by atoms with Crippen LogP contribution in [-0.2, 0) is 4.74 Å². The zero-order valence-electron chi connectivity index (χ0n) is 9.28. The van der Waals surface area contributed by atoms with Gasteiger partial charge in [0.15, 0.2) is 0 Å². The Morgan fingerprint density at radius 3 is 2.71 bits per heavy atom. The largest absolute Gasteiger partial charge is 0.377 e. The maximum atomic E-state index is 5.94. The Morgan fingerprint density at radius 2 is 2.21 bits per heavy atom. The van der Waals surface area contributed by atoms with Gasteiger partial charge < -0.3 is 10.5 Å². The zero-order valence-corrected chi connectivity index (χ0v) is 9.28. The Hall–Kier alpha value is -0.120. The van der Waals surface area contributed by atoms with Gasteiger partial charge in [0.2, 0.25) is 0 Å². The number of rotatable bonds is 2. The molecule has 4 atom stereocenters. The van der Waals surface area contributed by atoms with Gasteiger partial charge in [-0.2, -0.15) is 0 Å². The first kappa shape index (κ1) is 10.4. The van der Waals surface area contributed by atoms with Gasteiger partial charge in [-0.1, -0.05) is 0 Å². The summed E-state index contributed by atoms with van der Waals surface area (Å²) >= 11 is 0. The van der Waals surface area contributed by atoms with Gasteiger partial charge in [-0.3, -0.25) is 4.90 Å². The van der Waals surface area contributed by atoms with E-state index in [4.69, 9.17) is 10.5 Å². The first-order valence-electron chi connectivity index (χ1n) is 5.79. The Morgan fingerprint density at radius 1 is 1.43 bits per heavy atom.